The summed E-state index contributed by atoms with van der Waals surface area (Å²) in [4.78, 5) is 12.3. The van der Waals surface area contributed by atoms with Crippen molar-refractivity contribution in [1.82, 2.24) is 14.6 Å². The first-order chi connectivity index (χ1) is 13.7. The zero-order chi connectivity index (χ0) is 19.3. The van der Waals surface area contributed by atoms with Crippen LogP contribution in [0.2, 0.25) is 0 Å². The van der Waals surface area contributed by atoms with Crippen molar-refractivity contribution in [1.29, 1.82) is 0 Å². The van der Waals surface area contributed by atoms with E-state index in [-0.39, 0.29) is 5.91 Å². The average molecular weight is 368 g/mol. The van der Waals surface area contributed by atoms with Gasteiger partial charge in [-0.15, -0.1) is 0 Å². The van der Waals surface area contributed by atoms with Gasteiger partial charge in [0.15, 0.2) is 0 Å². The summed E-state index contributed by atoms with van der Waals surface area (Å²) in [6, 6.07) is 23.4. The Bertz CT molecular complexity index is 1090. The Kier molecular flexibility index (Phi) is 4.89. The number of hydrogen-bond acceptors (Lipinski definition) is 2. The SMILES string of the molecule is Cc1cc(/C=N/NC(=O)c2ccc(-n3cccc3)cc2)cn1-c1ccccc1. The summed E-state index contributed by atoms with van der Waals surface area (Å²) in [5, 5.41) is 4.10. The summed E-state index contributed by atoms with van der Waals surface area (Å²) < 4.78 is 4.07. The molecule has 4 aromatic rings. The highest BCUT2D eigenvalue weighted by Crippen LogP contribution is 2.14. The molecule has 0 bridgehead atoms. The molecule has 0 spiro atoms. The minimum atomic E-state index is -0.241. The van der Waals surface area contributed by atoms with Crippen molar-refractivity contribution in [2.75, 3.05) is 0 Å². The van der Waals surface area contributed by atoms with Crippen molar-refractivity contribution in [3.8, 4) is 11.4 Å². The van der Waals surface area contributed by atoms with Gasteiger partial charge in [-0.1, -0.05) is 18.2 Å². The number of rotatable bonds is 5. The summed E-state index contributed by atoms with van der Waals surface area (Å²) >= 11 is 0. The van der Waals surface area contributed by atoms with Crippen molar-refractivity contribution in [2.24, 2.45) is 5.10 Å². The van der Waals surface area contributed by atoms with Crippen molar-refractivity contribution in [3.63, 3.8) is 0 Å². The van der Waals surface area contributed by atoms with Gasteiger partial charge in [-0.05, 0) is 61.5 Å². The van der Waals surface area contributed by atoms with Gasteiger partial charge in [-0.25, -0.2) is 5.43 Å². The van der Waals surface area contributed by atoms with Crippen LogP contribution in [0.1, 0.15) is 21.6 Å². The number of hydrogen-bond donors (Lipinski definition) is 1. The summed E-state index contributed by atoms with van der Waals surface area (Å²) in [6.45, 7) is 2.04. The second-order valence-electron chi connectivity index (χ2n) is 6.46. The van der Waals surface area contributed by atoms with Gasteiger partial charge in [0, 0.05) is 46.8 Å². The lowest BCUT2D eigenvalue weighted by molar-refractivity contribution is 0.0955. The van der Waals surface area contributed by atoms with Crippen molar-refractivity contribution in [2.45, 2.75) is 6.92 Å². The Hall–Kier alpha value is -3.86. The molecule has 4 rings (SSSR count). The van der Waals surface area contributed by atoms with E-state index in [0.717, 1.165) is 22.6 Å². The third kappa shape index (κ3) is 3.78. The van der Waals surface area contributed by atoms with E-state index >= 15 is 0 Å². The monoisotopic (exact) mass is 368 g/mol. The first-order valence-corrected chi connectivity index (χ1v) is 9.02. The van der Waals surface area contributed by atoms with Crippen LogP contribution in [0.15, 0.2) is 96.5 Å². The van der Waals surface area contributed by atoms with E-state index in [1.165, 1.54) is 0 Å². The van der Waals surface area contributed by atoms with Crippen molar-refractivity contribution >= 4 is 12.1 Å². The molecular formula is C23H20N4O. The summed E-state index contributed by atoms with van der Waals surface area (Å²) in [5.74, 6) is -0.241. The first kappa shape index (κ1) is 17.5. The van der Waals surface area contributed by atoms with Crippen LogP contribution in [0.3, 0.4) is 0 Å². The molecule has 0 aliphatic rings. The molecule has 0 radical (unpaired) electrons. The first-order valence-electron chi connectivity index (χ1n) is 9.02. The van der Waals surface area contributed by atoms with Gasteiger partial charge in [0.25, 0.3) is 5.91 Å². The maximum absolute atomic E-state index is 12.3. The number of nitrogens with zero attached hydrogens (tertiary/aromatic N) is 3. The highest BCUT2D eigenvalue weighted by atomic mass is 16.2. The maximum Gasteiger partial charge on any atom is 0.271 e. The van der Waals surface area contributed by atoms with Crippen LogP contribution in [-0.4, -0.2) is 21.3 Å². The lowest BCUT2D eigenvalue weighted by atomic mass is 10.2. The molecule has 0 aliphatic heterocycles. The number of carbonyl (C=O) groups excluding carboxylic acids is 1. The predicted molar refractivity (Wildman–Crippen MR) is 111 cm³/mol. The topological polar surface area (TPSA) is 51.3 Å². The molecule has 0 aliphatic carbocycles. The van der Waals surface area contributed by atoms with E-state index in [1.807, 2.05) is 90.7 Å². The molecule has 0 unspecified atom stereocenters. The lowest BCUT2D eigenvalue weighted by Crippen LogP contribution is -2.17. The molecule has 1 N–H and O–H groups in total. The molecule has 0 atom stereocenters. The van der Waals surface area contributed by atoms with Gasteiger partial charge < -0.3 is 9.13 Å². The Morgan fingerprint density at radius 1 is 0.929 bits per heavy atom. The van der Waals surface area contributed by atoms with E-state index in [4.69, 9.17) is 0 Å². The van der Waals surface area contributed by atoms with E-state index < -0.39 is 0 Å². The van der Waals surface area contributed by atoms with Gasteiger partial charge in [0.05, 0.1) is 6.21 Å². The molecule has 0 saturated carbocycles. The smallest absolute Gasteiger partial charge is 0.271 e. The molecular weight excluding hydrogens is 348 g/mol. The molecule has 2 aromatic carbocycles. The fraction of sp³-hybridized carbons (Fsp3) is 0.0435. The van der Waals surface area contributed by atoms with Gasteiger partial charge in [-0.3, -0.25) is 4.79 Å². The Balaban J connectivity index is 1.41. The number of carbonyl (C=O) groups is 1. The molecule has 5 nitrogen and oxygen atoms in total. The molecule has 28 heavy (non-hydrogen) atoms. The van der Waals surface area contributed by atoms with Crippen molar-refractivity contribution < 1.29 is 4.79 Å². The molecule has 1 amide bonds. The minimum absolute atomic E-state index is 0.241. The standard InChI is InChI=1S/C23H20N4O/c1-18-15-19(17-27(18)22-7-3-2-4-8-22)16-24-25-23(28)20-9-11-21(12-10-20)26-13-5-6-14-26/h2-17H,1H3,(H,25,28)/b24-16+. The summed E-state index contributed by atoms with van der Waals surface area (Å²) in [7, 11) is 0. The van der Waals surface area contributed by atoms with Gasteiger partial charge in [0.1, 0.15) is 0 Å². The Morgan fingerprint density at radius 3 is 2.36 bits per heavy atom. The van der Waals surface area contributed by atoms with Crippen LogP contribution in [0.5, 0.6) is 0 Å². The lowest BCUT2D eigenvalue weighted by Gasteiger charge is -2.04. The maximum atomic E-state index is 12.3. The number of hydrazone groups is 1. The van der Waals surface area contributed by atoms with Crippen molar-refractivity contribution in [3.05, 3.63) is 108 Å². The van der Waals surface area contributed by atoms with Crippen LogP contribution in [0.4, 0.5) is 0 Å². The molecule has 0 saturated heterocycles. The molecule has 138 valence electrons. The third-order valence-corrected chi connectivity index (χ3v) is 4.48. The van der Waals surface area contributed by atoms with E-state index in [2.05, 4.69) is 15.1 Å². The molecule has 5 heteroatoms. The predicted octanol–water partition coefficient (Wildman–Crippen LogP) is 4.34. The van der Waals surface area contributed by atoms with Gasteiger partial charge >= 0.3 is 0 Å². The number of aryl methyl sites for hydroxylation is 1. The zero-order valence-electron chi connectivity index (χ0n) is 15.5. The largest absolute Gasteiger partial charge is 0.324 e. The fourth-order valence-corrected chi connectivity index (χ4v) is 3.06. The third-order valence-electron chi connectivity index (χ3n) is 4.48. The van der Waals surface area contributed by atoms with Crippen LogP contribution in [-0.2, 0) is 0 Å². The van der Waals surface area contributed by atoms with Crippen LogP contribution >= 0.6 is 0 Å². The van der Waals surface area contributed by atoms with Crippen LogP contribution in [0.25, 0.3) is 11.4 Å². The highest BCUT2D eigenvalue weighted by Gasteiger charge is 2.05. The number of benzene rings is 2. The van der Waals surface area contributed by atoms with Gasteiger partial charge in [0.2, 0.25) is 0 Å². The van der Waals surface area contributed by atoms with Crippen LogP contribution in [0, 0.1) is 6.92 Å². The number of amides is 1. The average Bonchev–Trinajstić information content (AvgIpc) is 3.39. The van der Waals surface area contributed by atoms with E-state index in [9.17, 15) is 4.79 Å². The number of para-hydroxylation sites is 1. The van der Waals surface area contributed by atoms with Crippen LogP contribution < -0.4 is 5.43 Å². The van der Waals surface area contributed by atoms with Gasteiger partial charge in [-0.2, -0.15) is 5.10 Å². The normalized spacial score (nSPS) is 11.0. The second-order valence-corrected chi connectivity index (χ2v) is 6.46. The molecule has 0 fully saturated rings. The second kappa shape index (κ2) is 7.80. The highest BCUT2D eigenvalue weighted by molar-refractivity contribution is 5.95. The van der Waals surface area contributed by atoms with E-state index in [1.54, 1.807) is 18.3 Å². The van der Waals surface area contributed by atoms with E-state index in [0.29, 0.717) is 5.56 Å². The Labute approximate surface area is 163 Å². The number of aromatic nitrogens is 2. The zero-order valence-corrected chi connectivity index (χ0v) is 15.5. The fourth-order valence-electron chi connectivity index (χ4n) is 3.06. The summed E-state index contributed by atoms with van der Waals surface area (Å²) in [5.41, 5.74) is 7.26. The quantitative estimate of drug-likeness (QED) is 0.413. The summed E-state index contributed by atoms with van der Waals surface area (Å²) in [6.07, 6.45) is 7.57. The minimum Gasteiger partial charge on any atom is -0.324 e. The molecule has 2 aromatic heterocycles. The number of nitrogens with one attached hydrogen (secondary N) is 1. The Morgan fingerprint density at radius 2 is 1.64 bits per heavy atom. The molecule has 2 heterocycles.